The van der Waals surface area contributed by atoms with Crippen LogP contribution in [0.2, 0.25) is 0 Å². The summed E-state index contributed by atoms with van der Waals surface area (Å²) in [6.07, 6.45) is 1.39. The Morgan fingerprint density at radius 3 is 2.47 bits per heavy atom. The Morgan fingerprint density at radius 1 is 1.53 bits per heavy atom. The van der Waals surface area contributed by atoms with Gasteiger partial charge in [0.2, 0.25) is 0 Å². The molecule has 0 fully saturated rings. The number of nitrogens with one attached hydrogen (secondary N) is 1. The minimum absolute atomic E-state index is 0.0530. The van der Waals surface area contributed by atoms with Crippen LogP contribution in [0.15, 0.2) is 6.07 Å². The van der Waals surface area contributed by atoms with E-state index in [0.717, 1.165) is 5.69 Å². The molecule has 5 nitrogen and oxygen atoms in total. The summed E-state index contributed by atoms with van der Waals surface area (Å²) in [4.78, 5) is 12.1. The molecule has 5 heteroatoms. The van der Waals surface area contributed by atoms with E-state index in [4.69, 9.17) is 0 Å². The number of aryl methyl sites for hydroxylation is 2. The van der Waals surface area contributed by atoms with E-state index < -0.39 is 5.54 Å². The SMILES string of the molecule is CCC(CC)(CO)NC(=O)c1cc(C)nn1C. The van der Waals surface area contributed by atoms with Gasteiger partial charge in [-0.05, 0) is 25.8 Å². The van der Waals surface area contributed by atoms with Gasteiger partial charge in [0.05, 0.1) is 17.8 Å². The fourth-order valence-electron chi connectivity index (χ4n) is 1.82. The van der Waals surface area contributed by atoms with Gasteiger partial charge < -0.3 is 10.4 Å². The summed E-state index contributed by atoms with van der Waals surface area (Å²) in [6.45, 7) is 5.70. The van der Waals surface area contributed by atoms with Crippen LogP contribution in [0.1, 0.15) is 42.9 Å². The van der Waals surface area contributed by atoms with E-state index in [9.17, 15) is 9.90 Å². The number of aliphatic hydroxyl groups excluding tert-OH is 1. The maximum Gasteiger partial charge on any atom is 0.270 e. The molecule has 1 rings (SSSR count). The van der Waals surface area contributed by atoms with Crippen molar-refractivity contribution in [3.05, 3.63) is 17.5 Å². The van der Waals surface area contributed by atoms with Crippen LogP contribution >= 0.6 is 0 Å². The standard InChI is InChI=1S/C12H21N3O2/c1-5-12(6-2,8-16)13-11(17)10-7-9(3)14-15(10)4/h7,16H,5-6,8H2,1-4H3,(H,13,17). The minimum Gasteiger partial charge on any atom is -0.394 e. The molecule has 1 amide bonds. The van der Waals surface area contributed by atoms with Gasteiger partial charge in [-0.25, -0.2) is 0 Å². The third kappa shape index (κ3) is 2.85. The minimum atomic E-state index is -0.532. The monoisotopic (exact) mass is 239 g/mol. The molecule has 0 bridgehead atoms. The summed E-state index contributed by atoms with van der Waals surface area (Å²) in [7, 11) is 1.74. The zero-order valence-corrected chi connectivity index (χ0v) is 10.9. The van der Waals surface area contributed by atoms with E-state index >= 15 is 0 Å². The Balaban J connectivity index is 2.88. The predicted molar refractivity (Wildman–Crippen MR) is 65.8 cm³/mol. The van der Waals surface area contributed by atoms with Crippen molar-refractivity contribution in [2.45, 2.75) is 39.2 Å². The highest BCUT2D eigenvalue weighted by Crippen LogP contribution is 2.15. The van der Waals surface area contributed by atoms with E-state index in [-0.39, 0.29) is 12.5 Å². The van der Waals surface area contributed by atoms with Crippen molar-refractivity contribution in [2.24, 2.45) is 7.05 Å². The van der Waals surface area contributed by atoms with Crippen molar-refractivity contribution in [3.8, 4) is 0 Å². The average molecular weight is 239 g/mol. The highest BCUT2D eigenvalue weighted by Gasteiger charge is 2.28. The molecule has 17 heavy (non-hydrogen) atoms. The van der Waals surface area contributed by atoms with Crippen molar-refractivity contribution in [1.29, 1.82) is 0 Å². The molecule has 0 aliphatic rings. The number of aliphatic hydroxyl groups is 1. The lowest BCUT2D eigenvalue weighted by molar-refractivity contribution is 0.0808. The largest absolute Gasteiger partial charge is 0.394 e. The molecule has 0 atom stereocenters. The van der Waals surface area contributed by atoms with Crippen LogP contribution in [-0.2, 0) is 7.05 Å². The van der Waals surface area contributed by atoms with Crippen LogP contribution < -0.4 is 5.32 Å². The lowest BCUT2D eigenvalue weighted by Gasteiger charge is -2.30. The summed E-state index contributed by atoms with van der Waals surface area (Å²) < 4.78 is 1.55. The molecule has 96 valence electrons. The van der Waals surface area contributed by atoms with Gasteiger partial charge in [0.1, 0.15) is 5.69 Å². The summed E-state index contributed by atoms with van der Waals surface area (Å²) in [5.74, 6) is -0.189. The van der Waals surface area contributed by atoms with Crippen molar-refractivity contribution in [3.63, 3.8) is 0 Å². The first-order valence-corrected chi connectivity index (χ1v) is 5.92. The van der Waals surface area contributed by atoms with E-state index in [1.165, 1.54) is 0 Å². The number of rotatable bonds is 5. The van der Waals surface area contributed by atoms with Crippen LogP contribution in [0.5, 0.6) is 0 Å². The maximum absolute atomic E-state index is 12.1. The second-order valence-corrected chi connectivity index (χ2v) is 4.39. The Morgan fingerprint density at radius 2 is 2.12 bits per heavy atom. The van der Waals surface area contributed by atoms with Gasteiger partial charge in [-0.3, -0.25) is 9.48 Å². The number of aromatic nitrogens is 2. The van der Waals surface area contributed by atoms with Crippen LogP contribution in [-0.4, -0.2) is 32.9 Å². The summed E-state index contributed by atoms with van der Waals surface area (Å²) in [5, 5.41) is 16.4. The number of carbonyl (C=O) groups is 1. The first kappa shape index (κ1) is 13.7. The Kier molecular flexibility index (Phi) is 4.28. The highest BCUT2D eigenvalue weighted by molar-refractivity contribution is 5.93. The number of carbonyl (C=O) groups excluding carboxylic acids is 1. The van der Waals surface area contributed by atoms with Crippen LogP contribution in [0.25, 0.3) is 0 Å². The molecule has 0 saturated carbocycles. The molecular formula is C12H21N3O2. The molecule has 0 radical (unpaired) electrons. The first-order valence-electron chi connectivity index (χ1n) is 5.92. The lowest BCUT2D eigenvalue weighted by atomic mass is 9.93. The summed E-state index contributed by atoms with van der Waals surface area (Å²) in [5.41, 5.74) is 0.789. The van der Waals surface area contributed by atoms with Gasteiger partial charge >= 0.3 is 0 Å². The number of hydrogen-bond donors (Lipinski definition) is 2. The summed E-state index contributed by atoms with van der Waals surface area (Å²) in [6, 6.07) is 1.74. The van der Waals surface area contributed by atoms with Gasteiger partial charge in [-0.15, -0.1) is 0 Å². The second-order valence-electron chi connectivity index (χ2n) is 4.39. The van der Waals surface area contributed by atoms with Crippen molar-refractivity contribution < 1.29 is 9.90 Å². The molecule has 1 heterocycles. The third-order valence-corrected chi connectivity index (χ3v) is 3.27. The number of hydrogen-bond acceptors (Lipinski definition) is 3. The van der Waals surface area contributed by atoms with Crippen molar-refractivity contribution in [1.82, 2.24) is 15.1 Å². The molecule has 0 aromatic carbocycles. The smallest absolute Gasteiger partial charge is 0.270 e. The second kappa shape index (κ2) is 5.31. The topological polar surface area (TPSA) is 67.2 Å². The number of nitrogens with zero attached hydrogens (tertiary/aromatic N) is 2. The van der Waals surface area contributed by atoms with Crippen molar-refractivity contribution >= 4 is 5.91 Å². The fourth-order valence-corrected chi connectivity index (χ4v) is 1.82. The Bertz CT molecular complexity index is 386. The van der Waals surface area contributed by atoms with E-state index in [2.05, 4.69) is 10.4 Å². The predicted octanol–water partition coefficient (Wildman–Crippen LogP) is 1.01. The highest BCUT2D eigenvalue weighted by atomic mass is 16.3. The fraction of sp³-hybridized carbons (Fsp3) is 0.667. The molecule has 0 aliphatic carbocycles. The van der Waals surface area contributed by atoms with Crippen molar-refractivity contribution in [2.75, 3.05) is 6.61 Å². The lowest BCUT2D eigenvalue weighted by Crippen LogP contribution is -2.50. The molecule has 2 N–H and O–H groups in total. The first-order chi connectivity index (χ1) is 7.98. The van der Waals surface area contributed by atoms with Gasteiger partial charge in [0, 0.05) is 7.05 Å². The van der Waals surface area contributed by atoms with Gasteiger partial charge in [-0.2, -0.15) is 5.10 Å². The van der Waals surface area contributed by atoms with E-state index in [1.54, 1.807) is 17.8 Å². The molecule has 1 aromatic heterocycles. The summed E-state index contributed by atoms with van der Waals surface area (Å²) >= 11 is 0. The van der Waals surface area contributed by atoms with Crippen LogP contribution in [0, 0.1) is 6.92 Å². The van der Waals surface area contributed by atoms with Crippen LogP contribution in [0.4, 0.5) is 0 Å². The molecule has 0 unspecified atom stereocenters. The zero-order valence-electron chi connectivity index (χ0n) is 10.9. The molecule has 1 aromatic rings. The maximum atomic E-state index is 12.1. The third-order valence-electron chi connectivity index (χ3n) is 3.27. The Labute approximate surface area is 102 Å². The Hall–Kier alpha value is -1.36. The van der Waals surface area contributed by atoms with Crippen LogP contribution in [0.3, 0.4) is 0 Å². The average Bonchev–Trinajstić information content (AvgIpc) is 2.65. The number of amides is 1. The molecule has 0 spiro atoms. The molecule has 0 saturated heterocycles. The van der Waals surface area contributed by atoms with E-state index in [0.29, 0.717) is 18.5 Å². The zero-order chi connectivity index (χ0) is 13.1. The van der Waals surface area contributed by atoms with E-state index in [1.807, 2.05) is 20.8 Å². The molecular weight excluding hydrogens is 218 g/mol. The van der Waals surface area contributed by atoms with Gasteiger partial charge in [0.25, 0.3) is 5.91 Å². The normalized spacial score (nSPS) is 11.6. The van der Waals surface area contributed by atoms with Gasteiger partial charge in [0.15, 0.2) is 0 Å². The molecule has 0 aliphatic heterocycles. The van der Waals surface area contributed by atoms with Gasteiger partial charge in [-0.1, -0.05) is 13.8 Å². The quantitative estimate of drug-likeness (QED) is 0.806.